The number of benzene rings is 1. The highest BCUT2D eigenvalue weighted by Crippen LogP contribution is 2.22. The molecule has 1 aromatic heterocycles. The number of nitrogens with one attached hydrogen (secondary N) is 2. The lowest BCUT2D eigenvalue weighted by molar-refractivity contribution is 0.379. The van der Waals surface area contributed by atoms with Gasteiger partial charge in [-0.1, -0.05) is 50.6 Å². The van der Waals surface area contributed by atoms with Crippen molar-refractivity contribution < 1.29 is 4.42 Å². The van der Waals surface area contributed by atoms with E-state index in [-0.39, 0.29) is 5.41 Å². The van der Waals surface area contributed by atoms with Crippen LogP contribution >= 0.6 is 11.6 Å². The molecule has 0 radical (unpaired) electrons. The average Bonchev–Trinajstić information content (AvgIpc) is 3.01. The molecule has 0 bridgehead atoms. The van der Waals surface area contributed by atoms with Crippen LogP contribution in [-0.2, 0) is 18.4 Å². The van der Waals surface area contributed by atoms with E-state index in [2.05, 4.69) is 41.4 Å². The van der Waals surface area contributed by atoms with Gasteiger partial charge in [0.05, 0.1) is 12.7 Å². The molecule has 0 saturated carbocycles. The fourth-order valence-corrected chi connectivity index (χ4v) is 2.37. The molecule has 0 atom stereocenters. The van der Waals surface area contributed by atoms with E-state index in [4.69, 9.17) is 16.0 Å². The SMILES string of the molecule is CN=C(NCCc1ccccc1Cl)NCc1ncc(C(C)(C)C)o1. The first-order valence-electron chi connectivity index (χ1n) is 8.03. The van der Waals surface area contributed by atoms with Crippen LogP contribution in [0.2, 0.25) is 5.02 Å². The van der Waals surface area contributed by atoms with E-state index in [0.29, 0.717) is 18.4 Å². The minimum atomic E-state index is -0.0415. The van der Waals surface area contributed by atoms with Gasteiger partial charge in [0, 0.05) is 24.0 Å². The maximum absolute atomic E-state index is 6.16. The Morgan fingerprint density at radius 1 is 1.25 bits per heavy atom. The van der Waals surface area contributed by atoms with Crippen molar-refractivity contribution in [1.29, 1.82) is 0 Å². The number of hydrogen-bond donors (Lipinski definition) is 2. The van der Waals surface area contributed by atoms with E-state index < -0.39 is 0 Å². The Labute approximate surface area is 148 Å². The summed E-state index contributed by atoms with van der Waals surface area (Å²) in [6, 6.07) is 7.85. The van der Waals surface area contributed by atoms with Crippen molar-refractivity contribution in [1.82, 2.24) is 15.6 Å². The third-order valence-electron chi connectivity index (χ3n) is 3.57. The van der Waals surface area contributed by atoms with Gasteiger partial charge in [0.2, 0.25) is 5.89 Å². The molecule has 0 unspecified atom stereocenters. The smallest absolute Gasteiger partial charge is 0.213 e. The molecule has 0 amide bonds. The van der Waals surface area contributed by atoms with Crippen molar-refractivity contribution in [2.24, 2.45) is 4.99 Å². The maximum atomic E-state index is 6.16. The first-order valence-corrected chi connectivity index (χ1v) is 8.41. The molecule has 24 heavy (non-hydrogen) atoms. The molecule has 5 nitrogen and oxygen atoms in total. The van der Waals surface area contributed by atoms with E-state index >= 15 is 0 Å². The Morgan fingerprint density at radius 2 is 2.00 bits per heavy atom. The van der Waals surface area contributed by atoms with Gasteiger partial charge < -0.3 is 15.1 Å². The molecular formula is C18H25ClN4O. The zero-order valence-electron chi connectivity index (χ0n) is 14.7. The quantitative estimate of drug-likeness (QED) is 0.641. The second-order valence-electron chi connectivity index (χ2n) is 6.56. The van der Waals surface area contributed by atoms with Gasteiger partial charge >= 0.3 is 0 Å². The fraction of sp³-hybridized carbons (Fsp3) is 0.444. The van der Waals surface area contributed by atoms with Crippen LogP contribution in [0.4, 0.5) is 0 Å². The van der Waals surface area contributed by atoms with E-state index in [1.807, 2.05) is 24.3 Å². The fourth-order valence-electron chi connectivity index (χ4n) is 2.14. The van der Waals surface area contributed by atoms with Gasteiger partial charge in [-0.25, -0.2) is 4.98 Å². The van der Waals surface area contributed by atoms with Crippen LogP contribution in [-0.4, -0.2) is 24.5 Å². The summed E-state index contributed by atoms with van der Waals surface area (Å²) in [4.78, 5) is 8.50. The Hall–Kier alpha value is -2.01. The van der Waals surface area contributed by atoms with Crippen molar-refractivity contribution in [3.63, 3.8) is 0 Å². The van der Waals surface area contributed by atoms with Gasteiger partial charge in [-0.2, -0.15) is 0 Å². The van der Waals surface area contributed by atoms with Gasteiger partial charge in [0.1, 0.15) is 5.76 Å². The van der Waals surface area contributed by atoms with Crippen molar-refractivity contribution >= 4 is 17.6 Å². The molecule has 6 heteroatoms. The summed E-state index contributed by atoms with van der Waals surface area (Å²) >= 11 is 6.16. The summed E-state index contributed by atoms with van der Waals surface area (Å²) < 4.78 is 5.76. The second kappa shape index (κ2) is 8.20. The lowest BCUT2D eigenvalue weighted by Crippen LogP contribution is -2.37. The molecular weight excluding hydrogens is 324 g/mol. The van der Waals surface area contributed by atoms with Crippen LogP contribution in [0.1, 0.15) is 38.0 Å². The number of hydrogen-bond acceptors (Lipinski definition) is 3. The third-order valence-corrected chi connectivity index (χ3v) is 3.94. The zero-order chi connectivity index (χ0) is 17.6. The molecule has 2 N–H and O–H groups in total. The van der Waals surface area contributed by atoms with Crippen molar-refractivity contribution in [3.8, 4) is 0 Å². The number of oxazole rings is 1. The summed E-state index contributed by atoms with van der Waals surface area (Å²) in [6.45, 7) is 7.52. The summed E-state index contributed by atoms with van der Waals surface area (Å²) in [5.41, 5.74) is 1.07. The van der Waals surface area contributed by atoms with Crippen molar-refractivity contribution in [2.75, 3.05) is 13.6 Å². The molecule has 130 valence electrons. The van der Waals surface area contributed by atoms with Crippen molar-refractivity contribution in [3.05, 3.63) is 52.7 Å². The minimum Gasteiger partial charge on any atom is -0.443 e. The molecule has 0 aliphatic heterocycles. The van der Waals surface area contributed by atoms with Gasteiger partial charge in [-0.05, 0) is 18.1 Å². The van der Waals surface area contributed by atoms with E-state index in [1.54, 1.807) is 13.2 Å². The Morgan fingerprint density at radius 3 is 2.62 bits per heavy atom. The van der Waals surface area contributed by atoms with Crippen LogP contribution in [0.3, 0.4) is 0 Å². The molecule has 1 aromatic carbocycles. The lowest BCUT2D eigenvalue weighted by Gasteiger charge is -2.13. The first-order chi connectivity index (χ1) is 11.4. The van der Waals surface area contributed by atoms with Gasteiger partial charge in [-0.15, -0.1) is 0 Å². The molecule has 1 heterocycles. The molecule has 0 aliphatic rings. The topological polar surface area (TPSA) is 62.5 Å². The van der Waals surface area contributed by atoms with Gasteiger partial charge in [-0.3, -0.25) is 4.99 Å². The van der Waals surface area contributed by atoms with E-state index in [0.717, 1.165) is 29.3 Å². The van der Waals surface area contributed by atoms with Crippen LogP contribution in [0.15, 0.2) is 39.9 Å². The Balaban J connectivity index is 1.80. The molecule has 2 aromatic rings. The summed E-state index contributed by atoms with van der Waals surface area (Å²) in [6.07, 6.45) is 2.61. The van der Waals surface area contributed by atoms with E-state index in [9.17, 15) is 0 Å². The van der Waals surface area contributed by atoms with Crippen LogP contribution < -0.4 is 10.6 Å². The Bertz CT molecular complexity index is 688. The predicted molar refractivity (Wildman–Crippen MR) is 98.6 cm³/mol. The highest BCUT2D eigenvalue weighted by atomic mass is 35.5. The molecule has 0 spiro atoms. The highest BCUT2D eigenvalue weighted by molar-refractivity contribution is 6.31. The van der Waals surface area contributed by atoms with E-state index in [1.165, 1.54) is 0 Å². The van der Waals surface area contributed by atoms with Crippen molar-refractivity contribution in [2.45, 2.75) is 39.2 Å². The predicted octanol–water partition coefficient (Wildman–Crippen LogP) is 3.53. The number of aromatic nitrogens is 1. The van der Waals surface area contributed by atoms with Gasteiger partial charge in [0.25, 0.3) is 0 Å². The summed E-state index contributed by atoms with van der Waals surface area (Å²) in [7, 11) is 1.74. The molecule has 2 rings (SSSR count). The average molecular weight is 349 g/mol. The zero-order valence-corrected chi connectivity index (χ0v) is 15.4. The largest absolute Gasteiger partial charge is 0.443 e. The number of aliphatic imine (C=N–C) groups is 1. The van der Waals surface area contributed by atoms with Crippen LogP contribution in [0, 0.1) is 0 Å². The molecule has 0 aliphatic carbocycles. The van der Waals surface area contributed by atoms with Gasteiger partial charge in [0.15, 0.2) is 5.96 Å². The Kier molecular flexibility index (Phi) is 6.26. The monoisotopic (exact) mass is 348 g/mol. The summed E-state index contributed by atoms with van der Waals surface area (Å²) in [5, 5.41) is 7.25. The van der Waals surface area contributed by atoms with Crippen LogP contribution in [0.25, 0.3) is 0 Å². The minimum absolute atomic E-state index is 0.0415. The summed E-state index contributed by atoms with van der Waals surface area (Å²) in [5.74, 6) is 2.23. The first kappa shape index (κ1) is 18.3. The molecule has 0 fully saturated rings. The van der Waals surface area contributed by atoms with Crippen LogP contribution in [0.5, 0.6) is 0 Å². The number of rotatable bonds is 5. The second-order valence-corrected chi connectivity index (χ2v) is 6.97. The number of nitrogens with zero attached hydrogens (tertiary/aromatic N) is 2. The number of halogens is 1. The molecule has 0 saturated heterocycles. The number of guanidine groups is 1. The third kappa shape index (κ3) is 5.27. The lowest BCUT2D eigenvalue weighted by atomic mass is 9.94. The highest BCUT2D eigenvalue weighted by Gasteiger charge is 2.19. The maximum Gasteiger partial charge on any atom is 0.213 e. The normalized spacial score (nSPS) is 12.3. The standard InChI is InChI=1S/C18H25ClN4O/c1-18(2,3)15-11-22-16(24-15)12-23-17(20-4)21-10-9-13-7-5-6-8-14(13)19/h5-8,11H,9-10,12H2,1-4H3,(H2,20,21,23).